The quantitative estimate of drug-likeness (QED) is 0.865. The van der Waals surface area contributed by atoms with E-state index in [1.807, 2.05) is 5.01 Å². The van der Waals surface area contributed by atoms with E-state index >= 15 is 0 Å². The molecule has 100 valence electrons. The van der Waals surface area contributed by atoms with Crippen LogP contribution in [0, 0.1) is 6.92 Å². The smallest absolute Gasteiger partial charge is 0.281 e. The normalized spacial score (nSPS) is 15.4. The van der Waals surface area contributed by atoms with E-state index in [1.54, 1.807) is 13.0 Å². The van der Waals surface area contributed by atoms with Gasteiger partial charge in [0.15, 0.2) is 0 Å². The van der Waals surface area contributed by atoms with Crippen LogP contribution in [0.2, 0.25) is 5.02 Å². The molecular weight excluding hydrogens is 266 g/mol. The van der Waals surface area contributed by atoms with E-state index in [1.165, 1.54) is 11.0 Å². The topological polar surface area (TPSA) is 58.4 Å². The van der Waals surface area contributed by atoms with Crippen LogP contribution < -0.4 is 10.6 Å². The Labute approximate surface area is 115 Å². The lowest BCUT2D eigenvalue weighted by Crippen LogP contribution is -2.40. The minimum Gasteiger partial charge on any atom is -0.505 e. The van der Waals surface area contributed by atoms with Gasteiger partial charge in [-0.25, -0.2) is 9.66 Å². The van der Waals surface area contributed by atoms with Crippen LogP contribution in [0.1, 0.15) is 18.4 Å². The van der Waals surface area contributed by atoms with Crippen LogP contribution in [0.4, 0.5) is 0 Å². The lowest BCUT2D eigenvalue weighted by molar-refractivity contribution is 0.475. The standard InChI is InChI=1S/C13H14ClN3O2/c1-8-6-9(14)10-11(12(8)18)15-7-17(13(10)19)16-4-2-3-5-16/h6-7,18H,2-5H2,1H3. The second-order valence-electron chi connectivity index (χ2n) is 4.80. The van der Waals surface area contributed by atoms with Gasteiger partial charge in [-0.15, -0.1) is 0 Å². The summed E-state index contributed by atoms with van der Waals surface area (Å²) >= 11 is 6.14. The molecule has 1 N–H and O–H groups in total. The van der Waals surface area contributed by atoms with E-state index in [2.05, 4.69) is 4.98 Å². The molecule has 0 atom stereocenters. The molecule has 0 saturated carbocycles. The highest BCUT2D eigenvalue weighted by atomic mass is 35.5. The van der Waals surface area contributed by atoms with Crippen LogP contribution in [0.15, 0.2) is 17.2 Å². The van der Waals surface area contributed by atoms with Gasteiger partial charge in [0, 0.05) is 13.1 Å². The molecule has 0 radical (unpaired) electrons. The maximum absolute atomic E-state index is 12.5. The van der Waals surface area contributed by atoms with E-state index in [0.29, 0.717) is 10.6 Å². The zero-order valence-corrected chi connectivity index (χ0v) is 11.3. The Balaban J connectivity index is 2.30. The molecule has 1 saturated heterocycles. The van der Waals surface area contributed by atoms with Crippen molar-refractivity contribution in [3.8, 4) is 5.75 Å². The second kappa shape index (κ2) is 4.42. The minimum absolute atomic E-state index is 0.0186. The van der Waals surface area contributed by atoms with Gasteiger partial charge in [0.1, 0.15) is 17.6 Å². The van der Waals surface area contributed by atoms with Crippen molar-refractivity contribution in [2.45, 2.75) is 19.8 Å². The summed E-state index contributed by atoms with van der Waals surface area (Å²) in [5.41, 5.74) is 0.654. The van der Waals surface area contributed by atoms with Gasteiger partial charge >= 0.3 is 0 Å². The van der Waals surface area contributed by atoms with Gasteiger partial charge < -0.3 is 10.1 Å². The van der Waals surface area contributed by atoms with Gasteiger partial charge in [-0.3, -0.25) is 4.79 Å². The van der Waals surface area contributed by atoms with Crippen molar-refractivity contribution in [1.82, 2.24) is 9.66 Å². The van der Waals surface area contributed by atoms with E-state index in [-0.39, 0.29) is 22.2 Å². The summed E-state index contributed by atoms with van der Waals surface area (Å²) in [6.07, 6.45) is 3.60. The maximum atomic E-state index is 12.5. The Morgan fingerprint density at radius 3 is 2.74 bits per heavy atom. The molecule has 0 unspecified atom stereocenters. The third-order valence-corrected chi connectivity index (χ3v) is 3.82. The van der Waals surface area contributed by atoms with E-state index in [9.17, 15) is 9.90 Å². The number of hydrogen-bond acceptors (Lipinski definition) is 4. The van der Waals surface area contributed by atoms with Gasteiger partial charge in [0.2, 0.25) is 0 Å². The van der Waals surface area contributed by atoms with Crippen LogP contribution in [0.3, 0.4) is 0 Å². The zero-order valence-electron chi connectivity index (χ0n) is 10.6. The summed E-state index contributed by atoms with van der Waals surface area (Å²) in [5, 5.41) is 12.5. The highest BCUT2D eigenvalue weighted by Crippen LogP contribution is 2.30. The van der Waals surface area contributed by atoms with Crippen molar-refractivity contribution in [1.29, 1.82) is 0 Å². The molecule has 1 aliphatic heterocycles. The third kappa shape index (κ3) is 1.85. The molecule has 19 heavy (non-hydrogen) atoms. The van der Waals surface area contributed by atoms with E-state index in [0.717, 1.165) is 25.9 Å². The van der Waals surface area contributed by atoms with Crippen LogP contribution in [-0.4, -0.2) is 27.9 Å². The van der Waals surface area contributed by atoms with Crippen molar-refractivity contribution in [2.24, 2.45) is 0 Å². The summed E-state index contributed by atoms with van der Waals surface area (Å²) in [7, 11) is 0. The number of rotatable bonds is 1. The lowest BCUT2D eigenvalue weighted by Gasteiger charge is -2.20. The van der Waals surface area contributed by atoms with Crippen molar-refractivity contribution in [2.75, 3.05) is 18.1 Å². The monoisotopic (exact) mass is 279 g/mol. The average molecular weight is 280 g/mol. The van der Waals surface area contributed by atoms with Crippen molar-refractivity contribution >= 4 is 22.5 Å². The number of benzene rings is 1. The summed E-state index contributed by atoms with van der Waals surface area (Å²) < 4.78 is 1.50. The van der Waals surface area contributed by atoms with Gasteiger partial charge in [-0.2, -0.15) is 0 Å². The number of aromatic nitrogens is 2. The van der Waals surface area contributed by atoms with Gasteiger partial charge in [0.05, 0.1) is 10.4 Å². The van der Waals surface area contributed by atoms with E-state index < -0.39 is 0 Å². The minimum atomic E-state index is -0.229. The van der Waals surface area contributed by atoms with Gasteiger partial charge in [-0.1, -0.05) is 11.6 Å². The predicted molar refractivity (Wildman–Crippen MR) is 74.6 cm³/mol. The molecule has 2 heterocycles. The molecule has 1 fully saturated rings. The Hall–Kier alpha value is -1.75. The molecule has 0 amide bonds. The molecule has 1 aromatic heterocycles. The van der Waals surface area contributed by atoms with Gasteiger partial charge in [0.25, 0.3) is 5.56 Å². The Kier molecular flexibility index (Phi) is 2.86. The number of phenols is 1. The summed E-state index contributed by atoms with van der Waals surface area (Å²) in [6, 6.07) is 1.59. The van der Waals surface area contributed by atoms with Crippen molar-refractivity contribution < 1.29 is 5.11 Å². The average Bonchev–Trinajstić information content (AvgIpc) is 2.89. The number of aryl methyl sites for hydroxylation is 1. The molecule has 0 bridgehead atoms. The Bertz CT molecular complexity index is 705. The maximum Gasteiger partial charge on any atom is 0.281 e. The first kappa shape index (κ1) is 12.3. The molecule has 1 aliphatic rings. The van der Waals surface area contributed by atoms with Crippen LogP contribution in [0.25, 0.3) is 10.9 Å². The predicted octanol–water partition coefficient (Wildman–Crippen LogP) is 1.80. The molecule has 0 aliphatic carbocycles. The first-order valence-corrected chi connectivity index (χ1v) is 6.62. The summed E-state index contributed by atoms with van der Waals surface area (Å²) in [5.74, 6) is 0.0186. The molecule has 1 aromatic carbocycles. The summed E-state index contributed by atoms with van der Waals surface area (Å²) in [6.45, 7) is 3.40. The van der Waals surface area contributed by atoms with E-state index in [4.69, 9.17) is 11.6 Å². The second-order valence-corrected chi connectivity index (χ2v) is 5.21. The first-order valence-electron chi connectivity index (χ1n) is 6.24. The SMILES string of the molecule is Cc1cc(Cl)c2c(=O)n(N3CCCC3)cnc2c1O. The Morgan fingerprint density at radius 2 is 2.05 bits per heavy atom. The Morgan fingerprint density at radius 1 is 1.37 bits per heavy atom. The number of nitrogens with zero attached hydrogens (tertiary/aromatic N) is 3. The number of hydrogen-bond donors (Lipinski definition) is 1. The fourth-order valence-corrected chi connectivity index (χ4v) is 2.81. The number of fused-ring (bicyclic) bond motifs is 1. The molecule has 3 rings (SSSR count). The first-order chi connectivity index (χ1) is 9.09. The van der Waals surface area contributed by atoms with Crippen molar-refractivity contribution in [3.63, 3.8) is 0 Å². The fourth-order valence-electron chi connectivity index (χ4n) is 2.47. The summed E-state index contributed by atoms with van der Waals surface area (Å²) in [4.78, 5) is 16.7. The number of phenolic OH excluding ortho intramolecular Hbond substituents is 1. The largest absolute Gasteiger partial charge is 0.505 e. The molecular formula is C13H14ClN3O2. The molecule has 6 heteroatoms. The molecule has 5 nitrogen and oxygen atoms in total. The van der Waals surface area contributed by atoms with Crippen molar-refractivity contribution in [3.05, 3.63) is 33.3 Å². The third-order valence-electron chi connectivity index (χ3n) is 3.52. The highest BCUT2D eigenvalue weighted by molar-refractivity contribution is 6.35. The number of halogens is 1. The van der Waals surface area contributed by atoms with Crippen LogP contribution in [0.5, 0.6) is 5.75 Å². The zero-order chi connectivity index (χ0) is 13.6. The lowest BCUT2D eigenvalue weighted by atomic mass is 10.1. The van der Waals surface area contributed by atoms with Crippen LogP contribution >= 0.6 is 11.6 Å². The highest BCUT2D eigenvalue weighted by Gasteiger charge is 2.18. The fraction of sp³-hybridized carbons (Fsp3) is 0.385. The molecule has 2 aromatic rings. The number of aromatic hydroxyl groups is 1. The van der Waals surface area contributed by atoms with Gasteiger partial charge in [-0.05, 0) is 31.4 Å². The van der Waals surface area contributed by atoms with Crippen LogP contribution in [-0.2, 0) is 0 Å². The molecule has 0 spiro atoms.